The standard InChI is InChI=1S/C16H26ClN3O2S.HI/c1-16(2,3)23(21,22)12-11-20-15(18-4)19-10-9-13-7-5-6-8-14(13)17;/h5-8H,9-12H2,1-4H3,(H2,18,19,20);1H. The molecule has 0 saturated heterocycles. The van der Waals surface area contributed by atoms with Gasteiger partial charge in [-0.3, -0.25) is 4.99 Å². The van der Waals surface area contributed by atoms with Gasteiger partial charge in [-0.15, -0.1) is 24.0 Å². The number of nitrogens with zero attached hydrogens (tertiary/aromatic N) is 1. The van der Waals surface area contributed by atoms with Crippen molar-refractivity contribution in [3.8, 4) is 0 Å². The van der Waals surface area contributed by atoms with E-state index in [4.69, 9.17) is 11.6 Å². The van der Waals surface area contributed by atoms with E-state index >= 15 is 0 Å². The van der Waals surface area contributed by atoms with Crippen LogP contribution in [-0.4, -0.2) is 45.0 Å². The first-order chi connectivity index (χ1) is 10.7. The van der Waals surface area contributed by atoms with Crippen LogP contribution in [-0.2, 0) is 16.3 Å². The molecule has 1 rings (SSSR count). The smallest absolute Gasteiger partial charge is 0.191 e. The Kier molecular flexibility index (Phi) is 10.2. The average molecular weight is 488 g/mol. The molecule has 5 nitrogen and oxygen atoms in total. The Morgan fingerprint density at radius 1 is 1.17 bits per heavy atom. The van der Waals surface area contributed by atoms with Crippen molar-refractivity contribution in [2.24, 2.45) is 4.99 Å². The van der Waals surface area contributed by atoms with Crippen LogP contribution in [0.15, 0.2) is 29.3 Å². The first kappa shape index (κ1) is 23.5. The largest absolute Gasteiger partial charge is 0.356 e. The first-order valence-electron chi connectivity index (χ1n) is 7.57. The number of guanidine groups is 1. The second-order valence-electron chi connectivity index (χ2n) is 6.20. The van der Waals surface area contributed by atoms with Gasteiger partial charge >= 0.3 is 0 Å². The Balaban J connectivity index is 0.00000529. The number of aliphatic imine (C=N–C) groups is 1. The quantitative estimate of drug-likeness (QED) is 0.368. The molecule has 2 N–H and O–H groups in total. The highest BCUT2D eigenvalue weighted by Crippen LogP contribution is 2.15. The van der Waals surface area contributed by atoms with Crippen LogP contribution in [0.3, 0.4) is 0 Å². The maximum absolute atomic E-state index is 12.0. The number of benzene rings is 1. The molecule has 0 aliphatic heterocycles. The summed E-state index contributed by atoms with van der Waals surface area (Å²) in [6.07, 6.45) is 0.765. The maximum atomic E-state index is 12.0. The molecule has 1 aromatic rings. The van der Waals surface area contributed by atoms with Crippen molar-refractivity contribution in [3.05, 3.63) is 34.9 Å². The molecular weight excluding hydrogens is 461 g/mol. The number of nitrogens with one attached hydrogen (secondary N) is 2. The van der Waals surface area contributed by atoms with E-state index in [2.05, 4.69) is 15.6 Å². The highest BCUT2D eigenvalue weighted by atomic mass is 127. The summed E-state index contributed by atoms with van der Waals surface area (Å²) < 4.78 is 23.3. The van der Waals surface area contributed by atoms with Gasteiger partial charge in [-0.2, -0.15) is 0 Å². The molecule has 0 spiro atoms. The van der Waals surface area contributed by atoms with Crippen LogP contribution in [0, 0.1) is 0 Å². The Hall–Kier alpha value is -0.540. The molecule has 0 bridgehead atoms. The Bertz CT molecular complexity index is 643. The predicted octanol–water partition coefficient (Wildman–Crippen LogP) is 2.88. The van der Waals surface area contributed by atoms with Crippen LogP contribution < -0.4 is 10.6 Å². The van der Waals surface area contributed by atoms with Crippen LogP contribution in [0.5, 0.6) is 0 Å². The molecule has 0 amide bonds. The van der Waals surface area contributed by atoms with E-state index in [1.807, 2.05) is 24.3 Å². The van der Waals surface area contributed by atoms with Crippen molar-refractivity contribution in [1.82, 2.24) is 10.6 Å². The summed E-state index contributed by atoms with van der Waals surface area (Å²) >= 11 is 6.11. The van der Waals surface area contributed by atoms with E-state index in [-0.39, 0.29) is 29.7 Å². The second kappa shape index (κ2) is 10.5. The van der Waals surface area contributed by atoms with Gasteiger partial charge in [-0.1, -0.05) is 29.8 Å². The Morgan fingerprint density at radius 2 is 1.75 bits per heavy atom. The highest BCUT2D eigenvalue weighted by Gasteiger charge is 2.28. The summed E-state index contributed by atoms with van der Waals surface area (Å²) in [6.45, 7) is 6.11. The number of hydrogen-bond donors (Lipinski definition) is 2. The summed E-state index contributed by atoms with van der Waals surface area (Å²) in [5.74, 6) is 0.656. The highest BCUT2D eigenvalue weighted by molar-refractivity contribution is 14.0. The molecule has 138 valence electrons. The second-order valence-corrected chi connectivity index (χ2v) is 9.47. The molecule has 0 atom stereocenters. The summed E-state index contributed by atoms with van der Waals surface area (Å²) in [7, 11) is -1.48. The normalized spacial score (nSPS) is 12.5. The summed E-state index contributed by atoms with van der Waals surface area (Å²) in [4.78, 5) is 4.09. The Labute approximate surface area is 167 Å². The maximum Gasteiger partial charge on any atom is 0.191 e. The predicted molar refractivity (Wildman–Crippen MR) is 113 cm³/mol. The molecule has 0 radical (unpaired) electrons. The zero-order chi connectivity index (χ0) is 17.5. The van der Waals surface area contributed by atoms with Gasteiger partial charge in [0, 0.05) is 25.2 Å². The van der Waals surface area contributed by atoms with Crippen LogP contribution in [0.25, 0.3) is 0 Å². The summed E-state index contributed by atoms with van der Waals surface area (Å²) in [5, 5.41) is 6.92. The first-order valence-corrected chi connectivity index (χ1v) is 9.60. The van der Waals surface area contributed by atoms with Crippen molar-refractivity contribution in [2.75, 3.05) is 25.9 Å². The van der Waals surface area contributed by atoms with Gasteiger partial charge in [0.1, 0.15) is 0 Å². The summed E-state index contributed by atoms with van der Waals surface area (Å²) in [6, 6.07) is 7.69. The SMILES string of the molecule is CN=C(NCCc1ccccc1Cl)NCCS(=O)(=O)C(C)(C)C.I. The lowest BCUT2D eigenvalue weighted by Gasteiger charge is -2.19. The lowest BCUT2D eigenvalue weighted by molar-refractivity contribution is 0.559. The number of hydrogen-bond acceptors (Lipinski definition) is 3. The fourth-order valence-corrected chi connectivity index (χ4v) is 3.06. The van der Waals surface area contributed by atoms with Crippen LogP contribution in [0.1, 0.15) is 26.3 Å². The van der Waals surface area contributed by atoms with Crippen molar-refractivity contribution in [3.63, 3.8) is 0 Å². The number of halogens is 2. The van der Waals surface area contributed by atoms with Gasteiger partial charge < -0.3 is 10.6 Å². The van der Waals surface area contributed by atoms with Crippen LogP contribution in [0.4, 0.5) is 0 Å². The van der Waals surface area contributed by atoms with Crippen molar-refractivity contribution >= 4 is 51.4 Å². The van der Waals surface area contributed by atoms with E-state index in [1.54, 1.807) is 27.8 Å². The van der Waals surface area contributed by atoms with Crippen molar-refractivity contribution < 1.29 is 8.42 Å². The molecule has 0 fully saturated rings. The fourth-order valence-electron chi connectivity index (χ4n) is 1.85. The molecule has 0 aromatic heterocycles. The van der Waals surface area contributed by atoms with Gasteiger partial charge in [0.25, 0.3) is 0 Å². The third-order valence-corrected chi connectivity index (χ3v) is 6.44. The van der Waals surface area contributed by atoms with Gasteiger partial charge in [-0.05, 0) is 38.8 Å². The molecule has 1 aromatic carbocycles. The number of rotatable bonds is 6. The monoisotopic (exact) mass is 487 g/mol. The Morgan fingerprint density at radius 3 is 2.29 bits per heavy atom. The lowest BCUT2D eigenvalue weighted by atomic mass is 10.1. The van der Waals surface area contributed by atoms with E-state index < -0.39 is 14.6 Å². The third-order valence-electron chi connectivity index (χ3n) is 3.46. The molecule has 24 heavy (non-hydrogen) atoms. The fraction of sp³-hybridized carbons (Fsp3) is 0.562. The molecule has 0 saturated carbocycles. The topological polar surface area (TPSA) is 70.6 Å². The number of sulfone groups is 1. The van der Waals surface area contributed by atoms with Crippen LogP contribution >= 0.6 is 35.6 Å². The minimum atomic E-state index is -3.13. The van der Waals surface area contributed by atoms with Gasteiger partial charge in [-0.25, -0.2) is 8.42 Å². The lowest BCUT2D eigenvalue weighted by Crippen LogP contribution is -2.42. The molecule has 8 heteroatoms. The minimum Gasteiger partial charge on any atom is -0.356 e. The average Bonchev–Trinajstić information content (AvgIpc) is 2.46. The molecule has 0 aliphatic carbocycles. The van der Waals surface area contributed by atoms with Crippen molar-refractivity contribution in [2.45, 2.75) is 31.9 Å². The molecule has 0 unspecified atom stereocenters. The molecule has 0 heterocycles. The molecule has 0 aliphatic rings. The van der Waals surface area contributed by atoms with Gasteiger partial charge in [0.2, 0.25) is 0 Å². The zero-order valence-corrected chi connectivity index (χ0v) is 18.5. The zero-order valence-electron chi connectivity index (χ0n) is 14.6. The van der Waals surface area contributed by atoms with Crippen molar-refractivity contribution in [1.29, 1.82) is 0 Å². The third kappa shape index (κ3) is 7.57. The van der Waals surface area contributed by atoms with Gasteiger partial charge in [0.15, 0.2) is 15.8 Å². The minimum absolute atomic E-state index is 0. The van der Waals surface area contributed by atoms with E-state index in [0.717, 1.165) is 17.0 Å². The van der Waals surface area contributed by atoms with E-state index in [9.17, 15) is 8.42 Å². The van der Waals surface area contributed by atoms with E-state index in [0.29, 0.717) is 19.0 Å². The van der Waals surface area contributed by atoms with Gasteiger partial charge in [0.05, 0.1) is 10.5 Å². The van der Waals surface area contributed by atoms with E-state index in [1.165, 1.54) is 0 Å². The van der Waals surface area contributed by atoms with Crippen LogP contribution in [0.2, 0.25) is 5.02 Å². The molecular formula is C16H27ClIN3O2S. The summed E-state index contributed by atoms with van der Waals surface area (Å²) in [5.41, 5.74) is 1.06.